The Kier molecular flexibility index (Phi) is 5.24. The van der Waals surface area contributed by atoms with Crippen molar-refractivity contribution in [2.45, 2.75) is 60.0 Å². The van der Waals surface area contributed by atoms with Crippen LogP contribution in [0.2, 0.25) is 0 Å². The van der Waals surface area contributed by atoms with E-state index in [1.807, 2.05) is 45.6 Å². The van der Waals surface area contributed by atoms with E-state index in [4.69, 9.17) is 0 Å². The molecule has 1 amide bonds. The van der Waals surface area contributed by atoms with Gasteiger partial charge >= 0.3 is 6.03 Å². The van der Waals surface area contributed by atoms with Gasteiger partial charge in [-0.25, -0.2) is 4.79 Å². The summed E-state index contributed by atoms with van der Waals surface area (Å²) >= 11 is 0. The first-order valence-electron chi connectivity index (χ1n) is 8.28. The molecule has 4 nitrogen and oxygen atoms in total. The van der Waals surface area contributed by atoms with Crippen LogP contribution in [-0.4, -0.2) is 32.8 Å². The van der Waals surface area contributed by atoms with Crippen molar-refractivity contribution < 1.29 is 4.79 Å². The van der Waals surface area contributed by atoms with E-state index < -0.39 is 0 Å². The lowest BCUT2D eigenvalue weighted by Crippen LogP contribution is -2.44. The molecule has 0 unspecified atom stereocenters. The van der Waals surface area contributed by atoms with E-state index in [1.54, 1.807) is 10.9 Å². The first-order valence-corrected chi connectivity index (χ1v) is 8.28. The minimum atomic E-state index is -0.0580. The van der Waals surface area contributed by atoms with Crippen molar-refractivity contribution in [1.82, 2.24) is 14.7 Å². The van der Waals surface area contributed by atoms with Crippen LogP contribution in [0.15, 0.2) is 30.5 Å². The number of rotatable bonds is 4. The summed E-state index contributed by atoms with van der Waals surface area (Å²) in [6.07, 6.45) is 6.74. The van der Waals surface area contributed by atoms with E-state index >= 15 is 0 Å². The van der Waals surface area contributed by atoms with Crippen LogP contribution in [0.3, 0.4) is 0 Å². The molecule has 0 saturated carbocycles. The fourth-order valence-electron chi connectivity index (χ4n) is 3.04. The van der Waals surface area contributed by atoms with Gasteiger partial charge in [-0.15, -0.1) is 0 Å². The number of amides is 1. The lowest BCUT2D eigenvalue weighted by Gasteiger charge is -2.30. The molecule has 0 fully saturated rings. The van der Waals surface area contributed by atoms with Gasteiger partial charge in [0.1, 0.15) is 0 Å². The van der Waals surface area contributed by atoms with Crippen LogP contribution in [0.4, 0.5) is 4.79 Å². The third-order valence-electron chi connectivity index (χ3n) is 4.12. The molecule has 0 aliphatic heterocycles. The minimum absolute atomic E-state index is 0.0580. The van der Waals surface area contributed by atoms with E-state index in [2.05, 4.69) is 30.2 Å². The first-order chi connectivity index (χ1) is 10.9. The Morgan fingerprint density at radius 3 is 2.48 bits per heavy atom. The number of hydrogen-bond donors (Lipinski definition) is 0. The Hall–Kier alpha value is -2.10. The smallest absolute Gasteiger partial charge is 0.318 e. The van der Waals surface area contributed by atoms with Gasteiger partial charge in [0.05, 0.1) is 11.7 Å². The second kappa shape index (κ2) is 6.99. The molecule has 4 heteroatoms. The van der Waals surface area contributed by atoms with Crippen LogP contribution < -0.4 is 0 Å². The minimum Gasteiger partial charge on any atom is -0.318 e. The quantitative estimate of drug-likeness (QED) is 0.777. The van der Waals surface area contributed by atoms with Gasteiger partial charge < -0.3 is 4.90 Å². The average Bonchev–Trinajstić information content (AvgIpc) is 2.91. The molecule has 0 spiro atoms. The van der Waals surface area contributed by atoms with Crippen LogP contribution in [0.5, 0.6) is 0 Å². The highest BCUT2D eigenvalue weighted by atomic mass is 16.2. The molecule has 0 saturated heterocycles. The van der Waals surface area contributed by atoms with E-state index in [0.717, 1.165) is 28.5 Å². The molecule has 1 heterocycles. The molecular weight excluding hydrogens is 286 g/mol. The topological polar surface area (TPSA) is 38.1 Å². The highest BCUT2D eigenvalue weighted by Crippen LogP contribution is 2.24. The van der Waals surface area contributed by atoms with E-state index in [0.29, 0.717) is 0 Å². The van der Waals surface area contributed by atoms with Gasteiger partial charge in [0.25, 0.3) is 0 Å². The Balaban J connectivity index is 2.60. The number of aryl methyl sites for hydroxylation is 1. The molecule has 0 N–H and O–H groups in total. The molecule has 0 bridgehead atoms. The summed E-state index contributed by atoms with van der Waals surface area (Å²) in [6.45, 7) is 12.2. The lowest BCUT2D eigenvalue weighted by atomic mass is 10.0. The molecular formula is C19H27N3O. The second-order valence-electron chi connectivity index (χ2n) is 6.51. The van der Waals surface area contributed by atoms with Crippen LogP contribution in [-0.2, 0) is 6.42 Å². The summed E-state index contributed by atoms with van der Waals surface area (Å²) in [7, 11) is 0. The average molecular weight is 313 g/mol. The zero-order chi connectivity index (χ0) is 17.1. The third-order valence-corrected chi connectivity index (χ3v) is 4.12. The number of carbonyl (C=O) groups is 1. The summed E-state index contributed by atoms with van der Waals surface area (Å²) in [4.78, 5) is 14.9. The molecule has 2 aromatic rings. The van der Waals surface area contributed by atoms with Crippen molar-refractivity contribution >= 4 is 16.9 Å². The molecule has 1 aromatic carbocycles. The summed E-state index contributed by atoms with van der Waals surface area (Å²) in [5.74, 6) is 0. The van der Waals surface area contributed by atoms with Crippen LogP contribution in [0.25, 0.3) is 10.9 Å². The summed E-state index contributed by atoms with van der Waals surface area (Å²) < 4.78 is 1.57. The van der Waals surface area contributed by atoms with Gasteiger partial charge in [0.2, 0.25) is 0 Å². The third kappa shape index (κ3) is 3.31. The number of benzene rings is 1. The molecule has 1 aromatic heterocycles. The SMILES string of the molecule is CC=CCc1ccc(C)c2cnn(C(=O)N(C(C)C)C(C)C)c12. The number of allylic oxidation sites excluding steroid dienone is 2. The molecule has 23 heavy (non-hydrogen) atoms. The van der Waals surface area contributed by atoms with Crippen molar-refractivity contribution in [3.05, 3.63) is 41.6 Å². The Morgan fingerprint density at radius 1 is 1.26 bits per heavy atom. The van der Waals surface area contributed by atoms with Crippen molar-refractivity contribution in [2.75, 3.05) is 0 Å². The van der Waals surface area contributed by atoms with Crippen molar-refractivity contribution in [2.24, 2.45) is 0 Å². The highest BCUT2D eigenvalue weighted by Gasteiger charge is 2.24. The normalized spacial score (nSPS) is 12.0. The Labute approximate surface area is 138 Å². The number of carbonyl (C=O) groups excluding carboxylic acids is 1. The summed E-state index contributed by atoms with van der Waals surface area (Å²) in [6, 6.07) is 4.40. The number of nitrogens with zero attached hydrogens (tertiary/aromatic N) is 3. The molecule has 0 aliphatic rings. The summed E-state index contributed by atoms with van der Waals surface area (Å²) in [5, 5.41) is 5.46. The van der Waals surface area contributed by atoms with Gasteiger partial charge in [0.15, 0.2) is 0 Å². The Morgan fingerprint density at radius 2 is 1.91 bits per heavy atom. The zero-order valence-electron chi connectivity index (χ0n) is 15.0. The summed E-state index contributed by atoms with van der Waals surface area (Å²) in [5.41, 5.74) is 3.20. The monoisotopic (exact) mass is 313 g/mol. The van der Waals surface area contributed by atoms with Crippen LogP contribution in [0, 0.1) is 6.92 Å². The van der Waals surface area contributed by atoms with E-state index in [9.17, 15) is 4.79 Å². The van der Waals surface area contributed by atoms with E-state index in [1.165, 1.54) is 0 Å². The maximum atomic E-state index is 13.0. The van der Waals surface area contributed by atoms with Crippen LogP contribution in [0.1, 0.15) is 45.7 Å². The molecule has 0 aliphatic carbocycles. The number of hydrogen-bond acceptors (Lipinski definition) is 2. The number of fused-ring (bicyclic) bond motifs is 1. The number of aromatic nitrogens is 2. The largest absolute Gasteiger partial charge is 0.345 e. The first kappa shape index (κ1) is 17.3. The fraction of sp³-hybridized carbons (Fsp3) is 0.474. The van der Waals surface area contributed by atoms with Gasteiger partial charge in [-0.2, -0.15) is 9.78 Å². The van der Waals surface area contributed by atoms with E-state index in [-0.39, 0.29) is 18.1 Å². The van der Waals surface area contributed by atoms with Crippen molar-refractivity contribution in [3.8, 4) is 0 Å². The Bertz CT molecular complexity index is 718. The zero-order valence-corrected chi connectivity index (χ0v) is 15.0. The molecule has 2 rings (SSSR count). The molecule has 0 atom stereocenters. The predicted octanol–water partition coefficient (Wildman–Crippen LogP) is 4.55. The maximum absolute atomic E-state index is 13.0. The lowest BCUT2D eigenvalue weighted by molar-refractivity contribution is 0.164. The fourth-order valence-corrected chi connectivity index (χ4v) is 3.04. The molecule has 0 radical (unpaired) electrons. The predicted molar refractivity (Wildman–Crippen MR) is 95.9 cm³/mol. The molecule has 124 valence electrons. The van der Waals surface area contributed by atoms with Crippen LogP contribution >= 0.6 is 0 Å². The second-order valence-corrected chi connectivity index (χ2v) is 6.51. The standard InChI is InChI=1S/C19H27N3O/c1-7-8-9-16-11-10-15(6)17-12-20-22(18(16)17)19(23)21(13(2)3)14(4)5/h7-8,10-14H,9H2,1-6H3. The van der Waals surface area contributed by atoms with Crippen molar-refractivity contribution in [1.29, 1.82) is 0 Å². The van der Waals surface area contributed by atoms with Gasteiger partial charge in [-0.1, -0.05) is 24.3 Å². The van der Waals surface area contributed by atoms with Crippen molar-refractivity contribution in [3.63, 3.8) is 0 Å². The maximum Gasteiger partial charge on any atom is 0.345 e. The highest BCUT2D eigenvalue weighted by molar-refractivity contribution is 5.93. The van der Waals surface area contributed by atoms with Gasteiger partial charge in [-0.3, -0.25) is 0 Å². The van der Waals surface area contributed by atoms with Gasteiger partial charge in [0, 0.05) is 17.5 Å². The van der Waals surface area contributed by atoms with Gasteiger partial charge in [-0.05, 0) is 59.1 Å².